The standard InChI is InChI=1S/C18H34N2O3S/c1-18(2,3)15-10-5-6-11-16(15)20-17(21)19-13-8-7-9-14(12-13)24(4,22)23/h13-16H,5-12H2,1-4H3,(H2,19,20,21). The summed E-state index contributed by atoms with van der Waals surface area (Å²) in [4.78, 5) is 12.4. The number of amides is 2. The van der Waals surface area contributed by atoms with Gasteiger partial charge in [-0.2, -0.15) is 0 Å². The van der Waals surface area contributed by atoms with Gasteiger partial charge in [0, 0.05) is 18.3 Å². The molecule has 6 heteroatoms. The van der Waals surface area contributed by atoms with Crippen LogP contribution < -0.4 is 10.6 Å². The molecule has 24 heavy (non-hydrogen) atoms. The van der Waals surface area contributed by atoms with E-state index in [-0.39, 0.29) is 28.8 Å². The van der Waals surface area contributed by atoms with E-state index in [1.807, 2.05) is 0 Å². The zero-order valence-electron chi connectivity index (χ0n) is 15.6. The lowest BCUT2D eigenvalue weighted by Gasteiger charge is -2.41. The highest BCUT2D eigenvalue weighted by molar-refractivity contribution is 7.91. The Morgan fingerprint density at radius 2 is 1.62 bits per heavy atom. The topological polar surface area (TPSA) is 75.3 Å². The maximum atomic E-state index is 12.4. The van der Waals surface area contributed by atoms with Crippen molar-refractivity contribution in [3.8, 4) is 0 Å². The fourth-order valence-corrected chi connectivity index (χ4v) is 5.58. The first kappa shape index (κ1) is 19.5. The van der Waals surface area contributed by atoms with Gasteiger partial charge in [-0.3, -0.25) is 0 Å². The molecule has 0 aliphatic heterocycles. The van der Waals surface area contributed by atoms with Crippen molar-refractivity contribution in [2.45, 2.75) is 89.5 Å². The van der Waals surface area contributed by atoms with E-state index in [0.717, 1.165) is 32.1 Å². The van der Waals surface area contributed by atoms with Gasteiger partial charge in [-0.15, -0.1) is 0 Å². The average Bonchev–Trinajstić information content (AvgIpc) is 2.46. The molecule has 2 aliphatic carbocycles. The molecule has 0 spiro atoms. The van der Waals surface area contributed by atoms with Gasteiger partial charge >= 0.3 is 6.03 Å². The number of sulfone groups is 1. The van der Waals surface area contributed by atoms with Gasteiger partial charge in [0.25, 0.3) is 0 Å². The van der Waals surface area contributed by atoms with E-state index in [4.69, 9.17) is 0 Å². The van der Waals surface area contributed by atoms with E-state index in [9.17, 15) is 13.2 Å². The van der Waals surface area contributed by atoms with Crippen LogP contribution in [0.3, 0.4) is 0 Å². The van der Waals surface area contributed by atoms with Gasteiger partial charge in [0.1, 0.15) is 9.84 Å². The van der Waals surface area contributed by atoms with E-state index in [1.165, 1.54) is 12.7 Å². The molecule has 2 saturated carbocycles. The van der Waals surface area contributed by atoms with Gasteiger partial charge < -0.3 is 10.6 Å². The maximum Gasteiger partial charge on any atom is 0.315 e. The molecular formula is C18H34N2O3S. The van der Waals surface area contributed by atoms with Gasteiger partial charge in [0.05, 0.1) is 5.25 Å². The van der Waals surface area contributed by atoms with E-state index in [2.05, 4.69) is 31.4 Å². The zero-order chi connectivity index (χ0) is 18.0. The first-order chi connectivity index (χ1) is 11.1. The minimum Gasteiger partial charge on any atom is -0.335 e. The Labute approximate surface area is 147 Å². The molecule has 4 atom stereocenters. The lowest BCUT2D eigenvalue weighted by atomic mass is 9.69. The first-order valence-corrected chi connectivity index (χ1v) is 11.3. The minimum atomic E-state index is -3.02. The van der Waals surface area contributed by atoms with E-state index >= 15 is 0 Å². The summed E-state index contributed by atoms with van der Waals surface area (Å²) < 4.78 is 23.5. The molecule has 140 valence electrons. The largest absolute Gasteiger partial charge is 0.335 e. The Bertz CT molecular complexity index is 539. The molecule has 2 fully saturated rings. The number of urea groups is 1. The predicted molar refractivity (Wildman–Crippen MR) is 97.8 cm³/mol. The molecule has 2 N–H and O–H groups in total. The minimum absolute atomic E-state index is 0.0323. The van der Waals surface area contributed by atoms with Crippen molar-refractivity contribution in [3.05, 3.63) is 0 Å². The molecule has 0 bridgehead atoms. The van der Waals surface area contributed by atoms with Crippen molar-refractivity contribution < 1.29 is 13.2 Å². The summed E-state index contributed by atoms with van der Waals surface area (Å²) in [6.45, 7) is 6.73. The van der Waals surface area contributed by atoms with Crippen molar-refractivity contribution in [2.24, 2.45) is 11.3 Å². The molecule has 4 unspecified atom stereocenters. The molecular weight excluding hydrogens is 324 g/mol. The first-order valence-electron chi connectivity index (χ1n) is 9.33. The molecule has 0 aromatic carbocycles. The molecule has 0 saturated heterocycles. The number of carbonyl (C=O) groups excluding carboxylic acids is 1. The monoisotopic (exact) mass is 358 g/mol. The Kier molecular flexibility index (Phi) is 6.21. The highest BCUT2D eigenvalue weighted by Gasteiger charge is 2.35. The molecule has 0 heterocycles. The van der Waals surface area contributed by atoms with Crippen LogP contribution in [-0.2, 0) is 9.84 Å². The Hall–Kier alpha value is -0.780. The summed E-state index contributed by atoms with van der Waals surface area (Å²) in [7, 11) is -3.02. The smallest absolute Gasteiger partial charge is 0.315 e. The summed E-state index contributed by atoms with van der Waals surface area (Å²) in [6, 6.07) is 0.0542. The van der Waals surface area contributed by atoms with E-state index in [1.54, 1.807) is 0 Å². The maximum absolute atomic E-state index is 12.4. The lowest BCUT2D eigenvalue weighted by Crippen LogP contribution is -2.52. The van der Waals surface area contributed by atoms with Gasteiger partial charge in [-0.25, -0.2) is 13.2 Å². The Morgan fingerprint density at radius 1 is 0.958 bits per heavy atom. The van der Waals surface area contributed by atoms with Gasteiger partial charge in [0.2, 0.25) is 0 Å². The Balaban J connectivity index is 1.90. The molecule has 2 aliphatic rings. The highest BCUT2D eigenvalue weighted by Crippen LogP contribution is 2.38. The molecule has 0 radical (unpaired) electrons. The molecule has 0 aromatic rings. The Morgan fingerprint density at radius 3 is 2.25 bits per heavy atom. The van der Waals surface area contributed by atoms with Crippen LogP contribution in [0.1, 0.15) is 72.1 Å². The molecule has 2 rings (SSSR count). The van der Waals surface area contributed by atoms with Gasteiger partial charge in [-0.05, 0) is 43.4 Å². The fraction of sp³-hybridized carbons (Fsp3) is 0.944. The lowest BCUT2D eigenvalue weighted by molar-refractivity contribution is 0.132. The second-order valence-corrected chi connectivity index (χ2v) is 11.1. The number of hydrogen-bond acceptors (Lipinski definition) is 3. The third-order valence-corrected chi connectivity index (χ3v) is 7.40. The van der Waals surface area contributed by atoms with Crippen LogP contribution in [0, 0.1) is 11.3 Å². The van der Waals surface area contributed by atoms with Crippen LogP contribution in [-0.4, -0.2) is 38.0 Å². The SMILES string of the molecule is CC(C)(C)C1CCCCC1NC(=O)NC1CCCC(S(C)(=O)=O)C1. The van der Waals surface area contributed by atoms with E-state index in [0.29, 0.717) is 18.8 Å². The van der Waals surface area contributed by atoms with Crippen molar-refractivity contribution >= 4 is 15.9 Å². The van der Waals surface area contributed by atoms with Crippen molar-refractivity contribution in [1.29, 1.82) is 0 Å². The number of nitrogens with one attached hydrogen (secondary N) is 2. The quantitative estimate of drug-likeness (QED) is 0.813. The number of rotatable bonds is 3. The normalized spacial score (nSPS) is 32.2. The number of carbonyl (C=O) groups is 1. The fourth-order valence-electron chi connectivity index (χ4n) is 4.40. The zero-order valence-corrected chi connectivity index (χ0v) is 16.4. The summed E-state index contributed by atoms with van der Waals surface area (Å²) in [5.41, 5.74) is 0.185. The third-order valence-electron chi connectivity index (χ3n) is 5.76. The van der Waals surface area contributed by atoms with E-state index < -0.39 is 9.84 Å². The van der Waals surface area contributed by atoms with Crippen molar-refractivity contribution in [2.75, 3.05) is 6.26 Å². The molecule has 5 nitrogen and oxygen atoms in total. The summed E-state index contributed by atoms with van der Waals surface area (Å²) in [5.74, 6) is 0.493. The van der Waals surface area contributed by atoms with Gasteiger partial charge in [0.15, 0.2) is 0 Å². The van der Waals surface area contributed by atoms with Crippen molar-refractivity contribution in [1.82, 2.24) is 10.6 Å². The summed E-state index contributed by atoms with van der Waals surface area (Å²) >= 11 is 0. The second kappa shape index (κ2) is 7.63. The average molecular weight is 359 g/mol. The third kappa shape index (κ3) is 5.36. The van der Waals surface area contributed by atoms with Crippen LogP contribution in [0.15, 0.2) is 0 Å². The molecule has 0 aromatic heterocycles. The number of hydrogen-bond donors (Lipinski definition) is 2. The second-order valence-electron chi connectivity index (χ2n) is 8.80. The van der Waals surface area contributed by atoms with Crippen molar-refractivity contribution in [3.63, 3.8) is 0 Å². The van der Waals surface area contributed by atoms with Crippen LogP contribution in [0.2, 0.25) is 0 Å². The summed E-state index contributed by atoms with van der Waals surface area (Å²) in [6.07, 6.45) is 8.88. The summed E-state index contributed by atoms with van der Waals surface area (Å²) in [5, 5.41) is 5.89. The van der Waals surface area contributed by atoms with Crippen LogP contribution >= 0.6 is 0 Å². The van der Waals surface area contributed by atoms with Gasteiger partial charge in [-0.1, -0.05) is 40.0 Å². The van der Waals surface area contributed by atoms with Crippen LogP contribution in [0.5, 0.6) is 0 Å². The highest BCUT2D eigenvalue weighted by atomic mass is 32.2. The van der Waals surface area contributed by atoms with Crippen LogP contribution in [0.4, 0.5) is 4.79 Å². The predicted octanol–water partition coefficient (Wildman–Crippen LogP) is 3.25. The van der Waals surface area contributed by atoms with Crippen LogP contribution in [0.25, 0.3) is 0 Å². The molecule has 2 amide bonds.